The van der Waals surface area contributed by atoms with Crippen LogP contribution in [0.15, 0.2) is 36.7 Å². The number of alkyl halides is 3. The number of halogens is 3. The highest BCUT2D eigenvalue weighted by Gasteiger charge is 2.30. The number of benzene rings is 1. The number of morpholine rings is 1. The van der Waals surface area contributed by atoms with E-state index < -0.39 is 11.7 Å². The first kappa shape index (κ1) is 22.3. The van der Waals surface area contributed by atoms with Gasteiger partial charge in [-0.3, -0.25) is 9.69 Å². The van der Waals surface area contributed by atoms with E-state index in [1.54, 1.807) is 0 Å². The fraction of sp³-hybridized carbons (Fsp3) is 0.476. The van der Waals surface area contributed by atoms with Crippen molar-refractivity contribution >= 4 is 6.29 Å². The van der Waals surface area contributed by atoms with E-state index in [0.717, 1.165) is 62.0 Å². The van der Waals surface area contributed by atoms with E-state index in [1.165, 1.54) is 12.8 Å². The minimum atomic E-state index is -4.33. The van der Waals surface area contributed by atoms with Gasteiger partial charge in [0.2, 0.25) is 0 Å². The second kappa shape index (κ2) is 10.1. The van der Waals surface area contributed by atoms with Crippen LogP contribution in [0.1, 0.15) is 52.1 Å². The van der Waals surface area contributed by atoms with Crippen LogP contribution in [0.2, 0.25) is 0 Å². The molecule has 1 atom stereocenters. The summed E-state index contributed by atoms with van der Waals surface area (Å²) in [7, 11) is 0. The van der Waals surface area contributed by atoms with Crippen LogP contribution in [-0.4, -0.2) is 54.0 Å². The zero-order valence-electron chi connectivity index (χ0n) is 16.5. The quantitative estimate of drug-likeness (QED) is 0.746. The molecule has 0 spiro atoms. The molecule has 30 heavy (non-hydrogen) atoms. The number of nitrogens with zero attached hydrogens (tertiary/aromatic N) is 3. The third-order valence-corrected chi connectivity index (χ3v) is 5.10. The number of hydrogen-bond acceptors (Lipinski definition) is 6. The lowest BCUT2D eigenvalue weighted by molar-refractivity contribution is -0.137. The summed E-state index contributed by atoms with van der Waals surface area (Å²) in [6.07, 6.45) is 2.55. The van der Waals surface area contributed by atoms with Gasteiger partial charge < -0.3 is 10.5 Å². The fourth-order valence-electron chi connectivity index (χ4n) is 3.21. The summed E-state index contributed by atoms with van der Waals surface area (Å²) in [6.45, 7) is 4.06. The van der Waals surface area contributed by atoms with E-state index in [1.807, 2.05) is 12.4 Å². The average molecular weight is 422 g/mol. The first-order valence-electron chi connectivity index (χ1n) is 9.88. The first-order chi connectivity index (χ1) is 14.4. The summed E-state index contributed by atoms with van der Waals surface area (Å²) in [5.74, 6) is 1.61. The third-order valence-electron chi connectivity index (χ3n) is 5.10. The second-order valence-electron chi connectivity index (χ2n) is 7.29. The summed E-state index contributed by atoms with van der Waals surface area (Å²) in [6, 6.07) is 4.25. The number of carbonyl (C=O) groups is 1. The summed E-state index contributed by atoms with van der Waals surface area (Å²) < 4.78 is 41.2. The Kier molecular flexibility index (Phi) is 7.52. The first-order valence-corrected chi connectivity index (χ1v) is 9.88. The standard InChI is InChI=1S/C13H20N4O.C8H5F3O/c14-7-12(17-3-5-18-6-4-17)11-8-15-13(16-9-11)10-1-2-10;9-8(10,11)7-3-1-6(5-12)2-4-7/h8-10,12H,1-7,14H2;1-5H. The third kappa shape index (κ3) is 6.07. The summed E-state index contributed by atoms with van der Waals surface area (Å²) in [4.78, 5) is 21.4. The summed E-state index contributed by atoms with van der Waals surface area (Å²) >= 11 is 0. The van der Waals surface area contributed by atoms with Gasteiger partial charge in [0.15, 0.2) is 0 Å². The molecule has 2 aliphatic rings. The van der Waals surface area contributed by atoms with Crippen molar-refractivity contribution in [3.05, 3.63) is 59.2 Å². The molecule has 2 N–H and O–H groups in total. The maximum atomic E-state index is 11.9. The summed E-state index contributed by atoms with van der Waals surface area (Å²) in [5, 5.41) is 0. The Morgan fingerprint density at radius 2 is 1.73 bits per heavy atom. The van der Waals surface area contributed by atoms with Crippen molar-refractivity contribution in [2.75, 3.05) is 32.8 Å². The van der Waals surface area contributed by atoms with Gasteiger partial charge in [-0.25, -0.2) is 9.97 Å². The number of aldehydes is 1. The van der Waals surface area contributed by atoms with Crippen LogP contribution < -0.4 is 5.73 Å². The van der Waals surface area contributed by atoms with E-state index >= 15 is 0 Å². The van der Waals surface area contributed by atoms with Crippen molar-refractivity contribution in [2.24, 2.45) is 5.73 Å². The zero-order chi connectivity index (χ0) is 21.6. The van der Waals surface area contributed by atoms with Crippen molar-refractivity contribution in [3.63, 3.8) is 0 Å². The monoisotopic (exact) mass is 422 g/mol. The molecule has 1 aromatic carbocycles. The lowest BCUT2D eigenvalue weighted by Gasteiger charge is -2.33. The van der Waals surface area contributed by atoms with Gasteiger partial charge in [-0.05, 0) is 25.0 Å². The Hall–Kier alpha value is -2.36. The van der Waals surface area contributed by atoms with Gasteiger partial charge >= 0.3 is 6.18 Å². The number of ether oxygens (including phenoxy) is 1. The molecule has 0 amide bonds. The van der Waals surface area contributed by atoms with Crippen LogP contribution in [0.3, 0.4) is 0 Å². The van der Waals surface area contributed by atoms with Crippen LogP contribution in [-0.2, 0) is 10.9 Å². The van der Waals surface area contributed by atoms with Crippen LogP contribution in [0.25, 0.3) is 0 Å². The Balaban J connectivity index is 0.000000187. The Bertz CT molecular complexity index is 802. The van der Waals surface area contributed by atoms with Crippen molar-refractivity contribution in [1.29, 1.82) is 0 Å². The molecule has 6 nitrogen and oxygen atoms in total. The summed E-state index contributed by atoms with van der Waals surface area (Å²) in [5.41, 5.74) is 6.53. The lowest BCUT2D eigenvalue weighted by Crippen LogP contribution is -2.41. The lowest BCUT2D eigenvalue weighted by atomic mass is 10.1. The second-order valence-corrected chi connectivity index (χ2v) is 7.29. The molecule has 1 saturated carbocycles. The highest BCUT2D eigenvalue weighted by atomic mass is 19.4. The number of nitrogens with two attached hydrogens (primary N) is 1. The molecular weight excluding hydrogens is 397 g/mol. The van der Waals surface area contributed by atoms with Crippen molar-refractivity contribution in [3.8, 4) is 0 Å². The molecule has 4 rings (SSSR count). The molecule has 9 heteroatoms. The van der Waals surface area contributed by atoms with E-state index in [2.05, 4.69) is 14.9 Å². The molecule has 162 valence electrons. The molecule has 1 aliphatic heterocycles. The predicted octanol–water partition coefficient (Wildman–Crippen LogP) is 3.20. The molecule has 2 fully saturated rings. The van der Waals surface area contributed by atoms with Crippen molar-refractivity contribution in [1.82, 2.24) is 14.9 Å². The van der Waals surface area contributed by atoms with E-state index in [9.17, 15) is 18.0 Å². The van der Waals surface area contributed by atoms with Gasteiger partial charge in [-0.1, -0.05) is 12.1 Å². The highest BCUT2D eigenvalue weighted by Crippen LogP contribution is 2.37. The van der Waals surface area contributed by atoms with E-state index in [-0.39, 0.29) is 11.6 Å². The molecular formula is C21H25F3N4O2. The van der Waals surface area contributed by atoms with Gasteiger partial charge in [-0.2, -0.15) is 13.2 Å². The highest BCUT2D eigenvalue weighted by molar-refractivity contribution is 5.74. The number of hydrogen-bond donors (Lipinski definition) is 1. The number of aromatic nitrogens is 2. The smallest absolute Gasteiger partial charge is 0.379 e. The van der Waals surface area contributed by atoms with Gasteiger partial charge in [0.25, 0.3) is 0 Å². The van der Waals surface area contributed by atoms with Gasteiger partial charge in [0.05, 0.1) is 24.8 Å². The van der Waals surface area contributed by atoms with Crippen LogP contribution >= 0.6 is 0 Å². The van der Waals surface area contributed by atoms with E-state index in [0.29, 0.717) is 18.7 Å². The molecule has 1 unspecified atom stereocenters. The SMILES string of the molecule is NCC(c1cnc(C2CC2)nc1)N1CCOCC1.O=Cc1ccc(C(F)(F)F)cc1. The molecule has 1 aromatic heterocycles. The maximum absolute atomic E-state index is 11.9. The molecule has 1 aliphatic carbocycles. The van der Waals surface area contributed by atoms with E-state index in [4.69, 9.17) is 10.5 Å². The minimum Gasteiger partial charge on any atom is -0.379 e. The number of carbonyl (C=O) groups excluding carboxylic acids is 1. The topological polar surface area (TPSA) is 81.3 Å². The van der Waals surface area contributed by atoms with Crippen molar-refractivity contribution < 1.29 is 22.7 Å². The zero-order valence-corrected chi connectivity index (χ0v) is 16.5. The van der Waals surface area contributed by atoms with Crippen LogP contribution in [0.4, 0.5) is 13.2 Å². The largest absolute Gasteiger partial charge is 0.416 e. The minimum absolute atomic E-state index is 0.224. The average Bonchev–Trinajstić information content (AvgIpc) is 3.61. The van der Waals surface area contributed by atoms with Gasteiger partial charge in [0, 0.05) is 49.1 Å². The van der Waals surface area contributed by atoms with Crippen LogP contribution in [0, 0.1) is 0 Å². The molecule has 0 bridgehead atoms. The normalized spacial score (nSPS) is 18.3. The van der Waals surface area contributed by atoms with Gasteiger partial charge in [0.1, 0.15) is 12.1 Å². The van der Waals surface area contributed by atoms with Crippen LogP contribution in [0.5, 0.6) is 0 Å². The Morgan fingerprint density at radius 1 is 1.13 bits per heavy atom. The Morgan fingerprint density at radius 3 is 2.20 bits per heavy atom. The molecule has 2 heterocycles. The molecule has 0 radical (unpaired) electrons. The predicted molar refractivity (Wildman–Crippen MR) is 105 cm³/mol. The molecule has 1 saturated heterocycles. The Labute approximate surface area is 173 Å². The van der Waals surface area contributed by atoms with Gasteiger partial charge in [-0.15, -0.1) is 0 Å². The maximum Gasteiger partial charge on any atom is 0.416 e. The molecule has 2 aromatic rings. The van der Waals surface area contributed by atoms with Crippen molar-refractivity contribution in [2.45, 2.75) is 31.0 Å². The fourth-order valence-corrected chi connectivity index (χ4v) is 3.21. The number of rotatable bonds is 5.